The molecule has 0 atom stereocenters. The summed E-state index contributed by atoms with van der Waals surface area (Å²) in [6.45, 7) is 16.1. The van der Waals surface area contributed by atoms with Gasteiger partial charge in [-0.15, -0.1) is 0 Å². The van der Waals surface area contributed by atoms with Crippen LogP contribution >= 0.6 is 0 Å². The molecule has 3 nitrogen and oxygen atoms in total. The van der Waals surface area contributed by atoms with E-state index in [1.807, 2.05) is 0 Å². The van der Waals surface area contributed by atoms with Gasteiger partial charge in [0, 0.05) is 0 Å². The van der Waals surface area contributed by atoms with Crippen molar-refractivity contribution in [3.8, 4) is 0 Å². The monoisotopic (exact) mass is 633 g/mol. The number of aryl methyl sites for hydroxylation is 1. The summed E-state index contributed by atoms with van der Waals surface area (Å²) >= 11 is -0.523. The van der Waals surface area contributed by atoms with E-state index in [0.29, 0.717) is 5.92 Å². The van der Waals surface area contributed by atoms with Crippen molar-refractivity contribution in [3.63, 3.8) is 0 Å². The average Bonchev–Trinajstić information content (AvgIpc) is 2.73. The second-order valence-corrected chi connectivity index (χ2v) is 12.4. The molecule has 0 amide bonds. The fourth-order valence-electron chi connectivity index (χ4n) is 2.58. The summed E-state index contributed by atoms with van der Waals surface area (Å²) in [6, 6.07) is 17.2. The summed E-state index contributed by atoms with van der Waals surface area (Å²) < 4.78 is 75.6. The molecule has 0 bridgehead atoms. The molecule has 0 saturated heterocycles. The van der Waals surface area contributed by atoms with Crippen molar-refractivity contribution >= 4 is 10.1 Å². The Kier molecular flexibility index (Phi) is 13.5. The van der Waals surface area contributed by atoms with Gasteiger partial charge in [0.2, 0.25) is 0 Å². The second kappa shape index (κ2) is 14.1. The zero-order valence-corrected chi connectivity index (χ0v) is 25.3. The minimum atomic E-state index is -5.69. The molecule has 2 rings (SSSR count). The molecule has 0 aromatic heterocycles. The first kappa shape index (κ1) is 36.3. The summed E-state index contributed by atoms with van der Waals surface area (Å²) in [5, 5.41) is 16.5. The molecular weight excluding hydrogens is 592 g/mol. The van der Waals surface area contributed by atoms with Crippen molar-refractivity contribution in [2.45, 2.75) is 97.2 Å². The van der Waals surface area contributed by atoms with E-state index in [-0.39, 0.29) is 12.3 Å². The Morgan fingerprint density at radius 1 is 0.763 bits per heavy atom. The molecule has 0 fully saturated rings. The van der Waals surface area contributed by atoms with Gasteiger partial charge in [-0.05, 0) is 27.7 Å². The van der Waals surface area contributed by atoms with E-state index in [9.17, 15) is 26.3 Å². The molecule has 0 radical (unpaired) electrons. The van der Waals surface area contributed by atoms with Gasteiger partial charge in [0.05, 0.1) is 5.60 Å². The van der Waals surface area contributed by atoms with Crippen LogP contribution in [0.2, 0.25) is 0 Å². The Hall–Kier alpha value is -1.70. The zero-order valence-electron chi connectivity index (χ0n) is 23.3. The molecule has 10 heteroatoms. The molecule has 2 N–H and O–H groups in total. The van der Waals surface area contributed by atoms with Crippen molar-refractivity contribution < 1.29 is 54.5 Å². The van der Waals surface area contributed by atoms with E-state index < -0.39 is 41.5 Å². The number of hydrogen-bond donors (Lipinski definition) is 2. The third kappa shape index (κ3) is 12.4. The van der Waals surface area contributed by atoms with Crippen LogP contribution in [0.1, 0.15) is 78.0 Å². The predicted octanol–water partition coefficient (Wildman–Crippen LogP) is 8.44. The van der Waals surface area contributed by atoms with Crippen LogP contribution in [0.5, 0.6) is 0 Å². The summed E-state index contributed by atoms with van der Waals surface area (Å²) in [7, 11) is 0. The molecule has 0 saturated carbocycles. The fourth-order valence-corrected chi connectivity index (χ4v) is 4.56. The van der Waals surface area contributed by atoms with Gasteiger partial charge < -0.3 is 10.2 Å². The van der Waals surface area contributed by atoms with Crippen LogP contribution in [0.3, 0.4) is 0 Å². The van der Waals surface area contributed by atoms with Gasteiger partial charge in [-0.1, -0.05) is 0 Å². The van der Waals surface area contributed by atoms with Crippen LogP contribution in [0.15, 0.2) is 52.0 Å². The van der Waals surface area contributed by atoms with Crippen molar-refractivity contribution in [3.05, 3.63) is 65.2 Å². The first-order valence-corrected chi connectivity index (χ1v) is 13.9. The van der Waals surface area contributed by atoms with Gasteiger partial charge in [-0.2, -0.15) is 26.3 Å². The number of benzene rings is 2. The quantitative estimate of drug-likeness (QED) is 0.263. The first-order valence-electron chi connectivity index (χ1n) is 11.9. The number of halogens is 6. The van der Waals surface area contributed by atoms with Crippen LogP contribution in [-0.4, -0.2) is 38.2 Å². The fraction of sp³-hybridized carbons (Fsp3) is 0.536. The maximum atomic E-state index is 11.4. The molecule has 2 aromatic rings. The Morgan fingerprint density at radius 3 is 1.58 bits per heavy atom. The normalized spacial score (nSPS) is 12.6. The van der Waals surface area contributed by atoms with Crippen molar-refractivity contribution in [1.29, 1.82) is 0 Å². The first-order chi connectivity index (χ1) is 16.9. The van der Waals surface area contributed by atoms with Gasteiger partial charge in [-0.3, -0.25) is 0 Å². The molecule has 0 heterocycles. The number of alkyl halides is 6. The number of aliphatic hydroxyl groups is 2. The second-order valence-electron chi connectivity index (χ2n) is 10.8. The molecule has 0 aliphatic carbocycles. The number of hydrogen-bond acceptors (Lipinski definition) is 3. The maximum absolute atomic E-state index is 11.4. The van der Waals surface area contributed by atoms with Crippen molar-refractivity contribution in [1.82, 2.24) is 0 Å². The van der Waals surface area contributed by atoms with Crippen LogP contribution < -0.4 is 0 Å². The van der Waals surface area contributed by atoms with E-state index >= 15 is 0 Å². The number of nitrogens with zero attached hydrogens (tertiary/aromatic N) is 1. The van der Waals surface area contributed by atoms with E-state index in [4.69, 9.17) is 13.7 Å². The molecule has 0 spiro atoms. The predicted molar refractivity (Wildman–Crippen MR) is 138 cm³/mol. The Bertz CT molecular complexity index is 1040. The van der Waals surface area contributed by atoms with Crippen molar-refractivity contribution in [2.24, 2.45) is 3.50 Å². The van der Waals surface area contributed by atoms with E-state index in [1.165, 1.54) is 22.4 Å². The van der Waals surface area contributed by atoms with Gasteiger partial charge in [0.15, 0.2) is 0 Å². The minimum absolute atomic E-state index is 0.0910. The Morgan fingerprint density at radius 2 is 1.21 bits per heavy atom. The van der Waals surface area contributed by atoms with Gasteiger partial charge in [-0.25, -0.2) is 0 Å². The Labute approximate surface area is 230 Å². The van der Waals surface area contributed by atoms with Crippen LogP contribution in [0, 0.1) is 6.92 Å². The van der Waals surface area contributed by atoms with Gasteiger partial charge >= 0.3 is 155 Å². The van der Waals surface area contributed by atoms with E-state index in [2.05, 4.69) is 87.6 Å². The summed E-state index contributed by atoms with van der Waals surface area (Å²) in [6.07, 6.45) is -11.4. The third-order valence-corrected chi connectivity index (χ3v) is 7.42. The molecule has 0 aliphatic rings. The molecule has 2 aromatic carbocycles. The standard InChI is InChI=1S/C10H13N.C10H12.C4H4F6O.C4H10O.Mo/c1-7(2)9-6-4-5-8(3)10(9)11;1-10(2,3)9-7-5-4-6-8-9;1-2(11,3(5,6)7)4(8,9)10;1-4(2,3)5;/h4-7H,1-3H3;1,4-8H,2-3H3;11H,1H3;5H,1-3H3;. The molecule has 0 aliphatic heterocycles. The van der Waals surface area contributed by atoms with Gasteiger partial charge in [0.25, 0.3) is 5.60 Å². The SMILES string of the molecule is CC(C)(C)O.CC(O)(C(F)(F)F)C(F)(F)F.Cc1cccc(C(C)C)c1[N]=[Mo]=[CH]C(C)(C)c1ccccc1. The van der Waals surface area contributed by atoms with Gasteiger partial charge in [0.1, 0.15) is 0 Å². The summed E-state index contributed by atoms with van der Waals surface area (Å²) in [5.74, 6) is 0.522. The average molecular weight is 632 g/mol. The summed E-state index contributed by atoms with van der Waals surface area (Å²) in [4.78, 5) is 0. The third-order valence-electron chi connectivity index (χ3n) is 5.00. The van der Waals surface area contributed by atoms with E-state index in [0.717, 1.165) is 0 Å². The summed E-state index contributed by atoms with van der Waals surface area (Å²) in [5.41, 5.74) is 0.218. The topological polar surface area (TPSA) is 52.8 Å². The molecule has 38 heavy (non-hydrogen) atoms. The molecule has 216 valence electrons. The number of rotatable bonds is 4. The zero-order chi connectivity index (χ0) is 30.2. The molecule has 0 unspecified atom stereocenters. The Balaban J connectivity index is 0.000000714. The van der Waals surface area contributed by atoms with Crippen molar-refractivity contribution in [2.75, 3.05) is 0 Å². The van der Waals surface area contributed by atoms with Crippen LogP contribution in [0.25, 0.3) is 0 Å². The van der Waals surface area contributed by atoms with Crippen LogP contribution in [-0.2, 0) is 23.3 Å². The van der Waals surface area contributed by atoms with Crippen LogP contribution in [0.4, 0.5) is 32.0 Å². The molecular formula is C28H39F6MoNO2. The van der Waals surface area contributed by atoms with E-state index in [1.54, 1.807) is 20.8 Å².